The highest BCUT2D eigenvalue weighted by molar-refractivity contribution is 7.89. The van der Waals surface area contributed by atoms with Gasteiger partial charge in [-0.25, -0.2) is 8.42 Å². The number of hydrogen-bond acceptors (Lipinski definition) is 5. The summed E-state index contributed by atoms with van der Waals surface area (Å²) in [5.74, 6) is -0.377. The Balaban J connectivity index is 1.78. The van der Waals surface area contributed by atoms with Gasteiger partial charge >= 0.3 is 0 Å². The molecule has 1 aromatic rings. The summed E-state index contributed by atoms with van der Waals surface area (Å²) in [6.45, 7) is 4.44. The lowest BCUT2D eigenvalue weighted by atomic mass is 9.95. The molecule has 9 heteroatoms. The predicted molar refractivity (Wildman–Crippen MR) is 112 cm³/mol. The van der Waals surface area contributed by atoms with E-state index in [1.807, 2.05) is 0 Å². The molecule has 0 atom stereocenters. The van der Waals surface area contributed by atoms with E-state index < -0.39 is 10.0 Å². The summed E-state index contributed by atoms with van der Waals surface area (Å²) in [5.41, 5.74) is 1.07. The number of nitrogens with zero attached hydrogens (tertiary/aromatic N) is 2. The van der Waals surface area contributed by atoms with Gasteiger partial charge < -0.3 is 15.5 Å². The van der Waals surface area contributed by atoms with Crippen LogP contribution >= 0.6 is 0 Å². The van der Waals surface area contributed by atoms with Crippen molar-refractivity contribution in [1.82, 2.24) is 9.62 Å². The maximum Gasteiger partial charge on any atom is 0.243 e. The number of anilines is 2. The topological polar surface area (TPSA) is 98.8 Å². The summed E-state index contributed by atoms with van der Waals surface area (Å²) < 4.78 is 26.9. The minimum Gasteiger partial charge on any atom is -0.352 e. The normalized spacial score (nSPS) is 17.8. The highest BCUT2D eigenvalue weighted by atomic mass is 32.2. The van der Waals surface area contributed by atoms with Crippen LogP contribution in [0.2, 0.25) is 0 Å². The lowest BCUT2D eigenvalue weighted by Crippen LogP contribution is -2.46. The number of hydrogen-bond donors (Lipinski definition) is 2. The van der Waals surface area contributed by atoms with Crippen molar-refractivity contribution < 1.29 is 18.0 Å². The van der Waals surface area contributed by atoms with Gasteiger partial charge in [0.05, 0.1) is 29.4 Å². The molecule has 0 radical (unpaired) electrons. The lowest BCUT2D eigenvalue weighted by molar-refractivity contribution is -0.120. The standard InChI is InChI=1S/C20H30N4O4S/c1-3-24(4-2)29(27,28)16-10-11-18-17(12-16)22-20(26)14-23(18)13-19(25)21-15-8-6-5-7-9-15/h10-12,15H,3-9,13-14H2,1-2H3,(H,21,25)(H,22,26). The molecule has 2 N–H and O–H groups in total. The number of carbonyl (C=O) groups excluding carboxylic acids is 2. The van der Waals surface area contributed by atoms with Gasteiger partial charge in [0.25, 0.3) is 0 Å². The summed E-state index contributed by atoms with van der Waals surface area (Å²) in [6.07, 6.45) is 5.46. The van der Waals surface area contributed by atoms with Gasteiger partial charge in [0, 0.05) is 19.1 Å². The Kier molecular flexibility index (Phi) is 6.79. The molecule has 0 bridgehead atoms. The van der Waals surface area contributed by atoms with Crippen LogP contribution in [-0.2, 0) is 19.6 Å². The smallest absolute Gasteiger partial charge is 0.243 e. The monoisotopic (exact) mass is 422 g/mol. The predicted octanol–water partition coefficient (Wildman–Crippen LogP) is 1.92. The second-order valence-corrected chi connectivity index (χ2v) is 9.51. The molecule has 1 saturated carbocycles. The van der Waals surface area contributed by atoms with Crippen LogP contribution in [0.1, 0.15) is 46.0 Å². The van der Waals surface area contributed by atoms with Crippen molar-refractivity contribution in [2.75, 3.05) is 36.4 Å². The molecule has 2 aliphatic rings. The first kappa shape index (κ1) is 21.6. The van der Waals surface area contributed by atoms with Crippen molar-refractivity contribution in [3.8, 4) is 0 Å². The molecule has 160 valence electrons. The molecule has 0 spiro atoms. The van der Waals surface area contributed by atoms with E-state index >= 15 is 0 Å². The molecule has 0 unspecified atom stereocenters. The van der Waals surface area contributed by atoms with Gasteiger partial charge in [-0.15, -0.1) is 0 Å². The van der Waals surface area contributed by atoms with E-state index in [1.54, 1.807) is 24.8 Å². The molecule has 1 heterocycles. The van der Waals surface area contributed by atoms with Crippen molar-refractivity contribution in [2.24, 2.45) is 0 Å². The minimum absolute atomic E-state index is 0.0627. The van der Waals surface area contributed by atoms with Crippen LogP contribution in [0.5, 0.6) is 0 Å². The van der Waals surface area contributed by atoms with Crippen molar-refractivity contribution in [3.05, 3.63) is 18.2 Å². The Morgan fingerprint density at radius 3 is 2.55 bits per heavy atom. The molecule has 0 aromatic heterocycles. The molecule has 29 heavy (non-hydrogen) atoms. The zero-order valence-corrected chi connectivity index (χ0v) is 17.9. The van der Waals surface area contributed by atoms with Crippen LogP contribution in [0.25, 0.3) is 0 Å². The van der Waals surface area contributed by atoms with Gasteiger partial charge in [0.1, 0.15) is 0 Å². The zero-order valence-electron chi connectivity index (χ0n) is 17.1. The Morgan fingerprint density at radius 1 is 1.21 bits per heavy atom. The number of amides is 2. The fourth-order valence-corrected chi connectivity index (χ4v) is 5.53. The Morgan fingerprint density at radius 2 is 1.90 bits per heavy atom. The zero-order chi connectivity index (χ0) is 21.0. The van der Waals surface area contributed by atoms with E-state index in [0.29, 0.717) is 24.5 Å². The summed E-state index contributed by atoms with van der Waals surface area (Å²) in [7, 11) is -3.63. The SMILES string of the molecule is CCN(CC)S(=O)(=O)c1ccc2c(c1)NC(=O)CN2CC(=O)NC1CCCCC1. The second-order valence-electron chi connectivity index (χ2n) is 7.57. The van der Waals surface area contributed by atoms with Crippen LogP contribution < -0.4 is 15.5 Å². The molecular weight excluding hydrogens is 392 g/mol. The van der Waals surface area contributed by atoms with Gasteiger partial charge in [-0.05, 0) is 31.0 Å². The fourth-order valence-electron chi connectivity index (χ4n) is 4.05. The molecule has 2 amide bonds. The van der Waals surface area contributed by atoms with E-state index in [0.717, 1.165) is 25.7 Å². The third-order valence-electron chi connectivity index (χ3n) is 5.57. The molecular formula is C20H30N4O4S. The molecule has 1 aliphatic carbocycles. The van der Waals surface area contributed by atoms with E-state index in [9.17, 15) is 18.0 Å². The van der Waals surface area contributed by atoms with Gasteiger partial charge in [-0.1, -0.05) is 33.1 Å². The average Bonchev–Trinajstić information content (AvgIpc) is 2.68. The quantitative estimate of drug-likeness (QED) is 0.700. The summed E-state index contributed by atoms with van der Waals surface area (Å²) >= 11 is 0. The molecule has 8 nitrogen and oxygen atoms in total. The third-order valence-corrected chi connectivity index (χ3v) is 7.61. The maximum atomic E-state index is 12.8. The Hall–Kier alpha value is -2.13. The first-order valence-corrected chi connectivity index (χ1v) is 11.8. The summed E-state index contributed by atoms with van der Waals surface area (Å²) in [6, 6.07) is 4.89. The number of benzene rings is 1. The average molecular weight is 423 g/mol. The van der Waals surface area contributed by atoms with Gasteiger partial charge in [0.15, 0.2) is 0 Å². The highest BCUT2D eigenvalue weighted by Crippen LogP contribution is 2.32. The number of carbonyl (C=O) groups is 2. The maximum absolute atomic E-state index is 12.8. The number of rotatable bonds is 7. The third kappa shape index (κ3) is 4.90. The largest absolute Gasteiger partial charge is 0.352 e. The first-order chi connectivity index (χ1) is 13.8. The second kappa shape index (κ2) is 9.13. The van der Waals surface area contributed by atoms with Gasteiger partial charge in [0.2, 0.25) is 21.8 Å². The van der Waals surface area contributed by atoms with Crippen molar-refractivity contribution >= 4 is 33.2 Å². The van der Waals surface area contributed by atoms with Crippen LogP contribution in [0, 0.1) is 0 Å². The van der Waals surface area contributed by atoms with Crippen LogP contribution in [-0.4, -0.2) is 56.8 Å². The molecule has 0 saturated heterocycles. The summed E-state index contributed by atoms with van der Waals surface area (Å²) in [4.78, 5) is 26.5. The fraction of sp³-hybridized carbons (Fsp3) is 0.600. The molecule has 1 aromatic carbocycles. The Labute approximate surface area is 172 Å². The molecule has 1 aliphatic heterocycles. The summed E-state index contributed by atoms with van der Waals surface area (Å²) in [5, 5.41) is 5.80. The van der Waals surface area contributed by atoms with E-state index in [4.69, 9.17) is 0 Å². The molecule has 1 fully saturated rings. The lowest BCUT2D eigenvalue weighted by Gasteiger charge is -2.32. The van der Waals surface area contributed by atoms with Crippen molar-refractivity contribution in [2.45, 2.75) is 56.9 Å². The Bertz CT molecular complexity index is 861. The highest BCUT2D eigenvalue weighted by Gasteiger charge is 2.28. The molecule has 3 rings (SSSR count). The number of fused-ring (bicyclic) bond motifs is 1. The van der Waals surface area contributed by atoms with Gasteiger partial charge in [-0.2, -0.15) is 4.31 Å². The van der Waals surface area contributed by atoms with Crippen LogP contribution in [0.4, 0.5) is 11.4 Å². The van der Waals surface area contributed by atoms with Gasteiger partial charge in [-0.3, -0.25) is 9.59 Å². The van der Waals surface area contributed by atoms with E-state index in [2.05, 4.69) is 10.6 Å². The minimum atomic E-state index is -3.63. The van der Waals surface area contributed by atoms with Crippen molar-refractivity contribution in [1.29, 1.82) is 0 Å². The number of sulfonamides is 1. The van der Waals surface area contributed by atoms with E-state index in [-0.39, 0.29) is 35.8 Å². The van der Waals surface area contributed by atoms with E-state index in [1.165, 1.54) is 22.9 Å². The number of nitrogens with one attached hydrogen (secondary N) is 2. The van der Waals surface area contributed by atoms with Crippen molar-refractivity contribution in [3.63, 3.8) is 0 Å². The van der Waals surface area contributed by atoms with Crippen LogP contribution in [0.15, 0.2) is 23.1 Å². The first-order valence-electron chi connectivity index (χ1n) is 10.3. The van der Waals surface area contributed by atoms with Crippen LogP contribution in [0.3, 0.4) is 0 Å².